The van der Waals surface area contributed by atoms with Crippen LogP contribution in [-0.4, -0.2) is 113 Å². The average molecular weight is 946 g/mol. The highest BCUT2D eigenvalue weighted by Crippen LogP contribution is 2.42. The molecule has 11 nitrogen and oxygen atoms in total. The predicted molar refractivity (Wildman–Crippen MR) is 249 cm³/mol. The van der Waals surface area contributed by atoms with Gasteiger partial charge in [-0.25, -0.2) is 21.6 Å². The highest BCUT2D eigenvalue weighted by atomic mass is 32.2. The molecule has 1 atom stereocenters. The minimum absolute atomic E-state index is 0.000968. The summed E-state index contributed by atoms with van der Waals surface area (Å²) in [6.07, 6.45) is 6.58. The van der Waals surface area contributed by atoms with E-state index in [4.69, 9.17) is 0 Å². The van der Waals surface area contributed by atoms with Gasteiger partial charge in [-0.3, -0.25) is 9.69 Å². The third-order valence-electron chi connectivity index (χ3n) is 12.4. The number of nitrogens with one attached hydrogen (secondary N) is 2. The number of alkyl halides is 3. The quantitative estimate of drug-likeness (QED) is 0.106. The van der Waals surface area contributed by atoms with Crippen LogP contribution < -0.4 is 14.9 Å². The fourth-order valence-corrected chi connectivity index (χ4v) is 11.7. The van der Waals surface area contributed by atoms with E-state index in [9.17, 15) is 39.9 Å². The lowest BCUT2D eigenvalue weighted by molar-refractivity contribution is -0.0435. The van der Waals surface area contributed by atoms with Gasteiger partial charge in [0.15, 0.2) is 0 Å². The number of piperidine rings is 1. The third kappa shape index (κ3) is 12.9. The lowest BCUT2D eigenvalue weighted by Crippen LogP contribution is -2.47. The first kappa shape index (κ1) is 49.6. The number of amides is 1. The van der Waals surface area contributed by atoms with Gasteiger partial charge in [-0.15, -0.1) is 11.8 Å². The number of allylic oxidation sites excluding steroid dienone is 2. The molecule has 0 radical (unpaired) electrons. The van der Waals surface area contributed by atoms with Crippen LogP contribution in [0.4, 0.5) is 24.5 Å². The van der Waals surface area contributed by atoms with E-state index in [1.807, 2.05) is 35.1 Å². The molecule has 17 heteroatoms. The summed E-state index contributed by atoms with van der Waals surface area (Å²) < 4.78 is 97.7. The second-order valence-corrected chi connectivity index (χ2v) is 22.6. The molecule has 2 heterocycles. The molecule has 64 heavy (non-hydrogen) atoms. The second-order valence-electron chi connectivity index (χ2n) is 18.0. The van der Waals surface area contributed by atoms with E-state index in [-0.39, 0.29) is 17.1 Å². The van der Waals surface area contributed by atoms with Crippen molar-refractivity contribution in [1.82, 2.24) is 14.5 Å². The monoisotopic (exact) mass is 945 g/mol. The van der Waals surface area contributed by atoms with Gasteiger partial charge in [0.25, 0.3) is 25.8 Å². The van der Waals surface area contributed by atoms with Gasteiger partial charge >= 0.3 is 5.51 Å². The molecule has 2 saturated heterocycles. The topological polar surface area (TPSA) is 139 Å². The van der Waals surface area contributed by atoms with Crippen molar-refractivity contribution >= 4 is 48.9 Å². The Morgan fingerprint density at radius 2 is 1.61 bits per heavy atom. The van der Waals surface area contributed by atoms with Crippen molar-refractivity contribution in [3.05, 3.63) is 102 Å². The van der Waals surface area contributed by atoms with Crippen molar-refractivity contribution in [1.29, 1.82) is 0 Å². The van der Waals surface area contributed by atoms with E-state index in [0.29, 0.717) is 50.7 Å². The van der Waals surface area contributed by atoms with Crippen LogP contribution in [0.3, 0.4) is 0 Å². The molecule has 0 bridgehead atoms. The molecular formula is C47H62F3N5O6S3. The lowest BCUT2D eigenvalue weighted by Gasteiger charge is -2.40. The van der Waals surface area contributed by atoms with E-state index in [2.05, 4.69) is 47.4 Å². The Hall–Kier alpha value is -3.87. The molecular weight excluding hydrogens is 884 g/mol. The molecule has 6 rings (SSSR count). The smallest absolute Gasteiger partial charge is 0.393 e. The van der Waals surface area contributed by atoms with Crippen LogP contribution in [0, 0.1) is 5.41 Å². The van der Waals surface area contributed by atoms with Crippen LogP contribution in [0.25, 0.3) is 0 Å². The first-order chi connectivity index (χ1) is 30.2. The molecule has 0 spiro atoms. The van der Waals surface area contributed by atoms with E-state index < -0.39 is 52.8 Å². The maximum atomic E-state index is 14.2. The number of benzene rings is 3. The minimum atomic E-state index is -6.06. The highest BCUT2D eigenvalue weighted by Gasteiger charge is 2.48. The Morgan fingerprint density at radius 3 is 2.25 bits per heavy atom. The molecule has 350 valence electrons. The number of hydrogen-bond acceptors (Lipinski definition) is 11. The number of carbonyl (C=O) groups is 1. The van der Waals surface area contributed by atoms with Gasteiger partial charge in [0, 0.05) is 80.3 Å². The number of hydrogen-bond donors (Lipinski definition) is 3. The van der Waals surface area contributed by atoms with E-state index in [0.717, 1.165) is 87.5 Å². The summed E-state index contributed by atoms with van der Waals surface area (Å²) in [7, 11) is -10.9. The number of thioether (sulfide) groups is 1. The normalized spacial score (nSPS) is 18.8. The SMILES string of the molecule is C=C(CCC)C1=C(CN2CCN(c3ccc(C(=O)NS(=O)(=O)c4ccc(N[C@H](CCN5CCC(O)CC5)CSc5ccccc5)c(S(=O)(=O)C(F)(F)F)c4)cc3)CC2)CC(C)(C)CC1. The third-order valence-corrected chi connectivity index (χ3v) is 16.4. The summed E-state index contributed by atoms with van der Waals surface area (Å²) >= 11 is 1.44. The summed E-state index contributed by atoms with van der Waals surface area (Å²) in [5.41, 5.74) is -0.853. The average Bonchev–Trinajstić information content (AvgIpc) is 3.25. The predicted octanol–water partition coefficient (Wildman–Crippen LogP) is 8.50. The Morgan fingerprint density at radius 1 is 0.938 bits per heavy atom. The standard InChI is InChI=1S/C47H62F3N5O6S3/c1-5-9-34(2)42-18-22-46(3,4)31-36(42)32-54-26-28-55(29-27-54)38-14-12-35(13-15-38)45(57)52-64(60,61)41-16-17-43(44(30-41)63(58,59)47(48,49)50)51-37(33-62-40-10-7-6-8-11-40)19-23-53-24-20-39(56)21-25-53/h6-8,10-17,30,37,39,51,56H,2,5,9,18-29,31-33H2,1,3-4H3,(H,52,57)/t37-/m1/s1. The van der Waals surface area contributed by atoms with Crippen molar-refractivity contribution in [2.24, 2.45) is 5.41 Å². The Kier molecular flexibility index (Phi) is 16.4. The number of aliphatic hydroxyl groups is 1. The van der Waals surface area contributed by atoms with Gasteiger partial charge in [-0.2, -0.15) is 13.2 Å². The van der Waals surface area contributed by atoms with E-state index >= 15 is 0 Å². The first-order valence-electron chi connectivity index (χ1n) is 22.1. The maximum absolute atomic E-state index is 14.2. The molecule has 0 aromatic heterocycles. The summed E-state index contributed by atoms with van der Waals surface area (Å²) in [6, 6.07) is 17.6. The number of piperazine rings is 1. The van der Waals surface area contributed by atoms with Crippen molar-refractivity contribution in [3.63, 3.8) is 0 Å². The molecule has 3 aromatic rings. The lowest BCUT2D eigenvalue weighted by atomic mass is 9.72. The van der Waals surface area contributed by atoms with Gasteiger partial charge in [-0.1, -0.05) is 63.1 Å². The molecule has 3 N–H and O–H groups in total. The highest BCUT2D eigenvalue weighted by molar-refractivity contribution is 7.99. The first-order valence-corrected chi connectivity index (χ1v) is 26.0. The summed E-state index contributed by atoms with van der Waals surface area (Å²) in [5.74, 6) is -0.670. The van der Waals surface area contributed by atoms with Crippen molar-refractivity contribution in [2.75, 3.05) is 68.3 Å². The van der Waals surface area contributed by atoms with Crippen LogP contribution in [0.15, 0.2) is 111 Å². The van der Waals surface area contributed by atoms with Crippen molar-refractivity contribution in [3.8, 4) is 0 Å². The molecule has 1 aliphatic carbocycles. The van der Waals surface area contributed by atoms with Gasteiger partial charge in [0.2, 0.25) is 0 Å². The Balaban J connectivity index is 1.13. The van der Waals surface area contributed by atoms with Gasteiger partial charge < -0.3 is 20.2 Å². The molecule has 2 fully saturated rings. The molecule has 0 unspecified atom stereocenters. The van der Waals surface area contributed by atoms with Crippen molar-refractivity contribution < 1.29 is 39.9 Å². The van der Waals surface area contributed by atoms with E-state index in [1.165, 1.54) is 40.6 Å². The van der Waals surface area contributed by atoms with Crippen molar-refractivity contribution in [2.45, 2.75) is 104 Å². The number of rotatable bonds is 18. The number of halogens is 3. The number of carbonyl (C=O) groups excluding carboxylic acids is 1. The zero-order valence-electron chi connectivity index (χ0n) is 37.0. The molecule has 1 amide bonds. The molecule has 3 aliphatic rings. The zero-order chi connectivity index (χ0) is 46.3. The van der Waals surface area contributed by atoms with Crippen LogP contribution in [-0.2, 0) is 19.9 Å². The van der Waals surface area contributed by atoms with Gasteiger partial charge in [-0.05, 0) is 111 Å². The Labute approximate surface area is 381 Å². The molecule has 3 aromatic carbocycles. The number of sulfone groups is 1. The summed E-state index contributed by atoms with van der Waals surface area (Å²) in [5, 5.41) is 12.9. The molecule has 0 saturated carbocycles. The van der Waals surface area contributed by atoms with E-state index in [1.54, 1.807) is 12.1 Å². The van der Waals surface area contributed by atoms with Gasteiger partial charge in [0.05, 0.1) is 16.7 Å². The summed E-state index contributed by atoms with van der Waals surface area (Å²) in [4.78, 5) is 18.9. The molecule has 2 aliphatic heterocycles. The number of aliphatic hydroxyl groups excluding tert-OH is 1. The van der Waals surface area contributed by atoms with Crippen LogP contribution in [0.5, 0.6) is 0 Å². The Bertz CT molecular complexity index is 2340. The van der Waals surface area contributed by atoms with Crippen LogP contribution >= 0.6 is 11.8 Å². The minimum Gasteiger partial charge on any atom is -0.393 e. The fraction of sp³-hybridized carbons (Fsp3) is 0.511. The summed E-state index contributed by atoms with van der Waals surface area (Å²) in [6.45, 7) is 17.2. The zero-order valence-corrected chi connectivity index (χ0v) is 39.4. The van der Waals surface area contributed by atoms with Gasteiger partial charge in [0.1, 0.15) is 4.90 Å². The number of sulfonamides is 1. The number of likely N-dealkylation sites (tertiary alicyclic amines) is 1. The van der Waals surface area contributed by atoms with Crippen LogP contribution in [0.2, 0.25) is 0 Å². The number of nitrogens with zero attached hydrogens (tertiary/aromatic N) is 3. The fourth-order valence-electron chi connectivity index (χ4n) is 8.69. The second kappa shape index (κ2) is 21.2. The van der Waals surface area contributed by atoms with Crippen LogP contribution in [0.1, 0.15) is 82.5 Å². The largest absolute Gasteiger partial charge is 0.501 e. The number of anilines is 2. The maximum Gasteiger partial charge on any atom is 0.501 e.